The summed E-state index contributed by atoms with van der Waals surface area (Å²) >= 11 is 0. The molecule has 0 bridgehead atoms. The van der Waals surface area contributed by atoms with Crippen molar-refractivity contribution >= 4 is 5.91 Å². The molecule has 0 saturated heterocycles. The lowest BCUT2D eigenvalue weighted by Gasteiger charge is -2.06. The van der Waals surface area contributed by atoms with E-state index in [1.54, 1.807) is 29.4 Å². The normalized spacial score (nSPS) is 10.6. The van der Waals surface area contributed by atoms with Crippen LogP contribution < -0.4 is 5.73 Å². The Bertz CT molecular complexity index is 421. The van der Waals surface area contributed by atoms with Crippen molar-refractivity contribution in [1.82, 2.24) is 9.55 Å². The molecular formula is C10H11N3O. The van der Waals surface area contributed by atoms with E-state index in [4.69, 9.17) is 5.73 Å². The van der Waals surface area contributed by atoms with Gasteiger partial charge < -0.3 is 5.73 Å². The summed E-state index contributed by atoms with van der Waals surface area (Å²) < 4.78 is 1.55. The van der Waals surface area contributed by atoms with E-state index in [0.29, 0.717) is 13.0 Å². The second-order valence-corrected chi connectivity index (χ2v) is 3.10. The molecule has 0 saturated carbocycles. The monoisotopic (exact) mass is 189 g/mol. The van der Waals surface area contributed by atoms with Gasteiger partial charge in [0.05, 0.1) is 0 Å². The highest BCUT2D eigenvalue weighted by Crippen LogP contribution is 2.19. The fourth-order valence-corrected chi connectivity index (χ4v) is 1.36. The average molecular weight is 189 g/mol. The molecule has 4 heteroatoms. The molecule has 0 aromatic rings. The summed E-state index contributed by atoms with van der Waals surface area (Å²) in [6.45, 7) is 0.378. The van der Waals surface area contributed by atoms with Gasteiger partial charge in [-0.15, -0.1) is 0 Å². The van der Waals surface area contributed by atoms with Gasteiger partial charge in [-0.05, 0) is 6.07 Å². The van der Waals surface area contributed by atoms with Gasteiger partial charge >= 0.3 is 0 Å². The Labute approximate surface area is 81.7 Å². The minimum atomic E-state index is 0.00981. The molecule has 2 N–H and O–H groups in total. The van der Waals surface area contributed by atoms with Crippen molar-refractivity contribution in [3.63, 3.8) is 0 Å². The Balaban J connectivity index is 2.35. The van der Waals surface area contributed by atoms with Crippen LogP contribution in [0.25, 0.3) is 11.1 Å². The molecule has 2 rings (SSSR count). The standard InChI is InChI=1S/C10H11N3O/c11-3-1-10(14)13-4-2-8-5-12-6-9(8)7-13/h2,4-7H,1,3,11H2. The molecule has 2 aliphatic heterocycles. The van der Waals surface area contributed by atoms with E-state index >= 15 is 0 Å². The van der Waals surface area contributed by atoms with Gasteiger partial charge in [-0.1, -0.05) is 0 Å². The van der Waals surface area contributed by atoms with Crippen LogP contribution in [0.15, 0.2) is 30.9 Å². The number of pyridine rings is 1. The molecule has 2 heterocycles. The van der Waals surface area contributed by atoms with E-state index in [-0.39, 0.29) is 5.91 Å². The largest absolute Gasteiger partial charge is 0.330 e. The number of hydrogen-bond donors (Lipinski definition) is 1. The molecule has 0 amide bonds. The second-order valence-electron chi connectivity index (χ2n) is 3.10. The van der Waals surface area contributed by atoms with E-state index in [2.05, 4.69) is 4.98 Å². The van der Waals surface area contributed by atoms with Crippen LogP contribution in [0.3, 0.4) is 0 Å². The van der Waals surface area contributed by atoms with Crippen molar-refractivity contribution in [3.8, 4) is 11.1 Å². The third-order valence-corrected chi connectivity index (χ3v) is 2.10. The molecule has 14 heavy (non-hydrogen) atoms. The van der Waals surface area contributed by atoms with Gasteiger partial charge in [0, 0.05) is 48.9 Å². The highest BCUT2D eigenvalue weighted by molar-refractivity contribution is 5.80. The first kappa shape index (κ1) is 8.90. The molecule has 0 aromatic carbocycles. The zero-order valence-corrected chi connectivity index (χ0v) is 7.68. The maximum atomic E-state index is 11.5. The molecule has 0 aromatic heterocycles. The van der Waals surface area contributed by atoms with Crippen molar-refractivity contribution in [1.29, 1.82) is 0 Å². The van der Waals surface area contributed by atoms with E-state index in [1.807, 2.05) is 6.07 Å². The maximum absolute atomic E-state index is 11.5. The Morgan fingerprint density at radius 3 is 3.00 bits per heavy atom. The molecule has 0 unspecified atom stereocenters. The minimum Gasteiger partial charge on any atom is -0.330 e. The molecule has 72 valence electrons. The second kappa shape index (κ2) is 3.59. The fourth-order valence-electron chi connectivity index (χ4n) is 1.36. The van der Waals surface area contributed by atoms with Crippen LogP contribution in [0.5, 0.6) is 0 Å². The van der Waals surface area contributed by atoms with Gasteiger partial charge in [-0.3, -0.25) is 14.3 Å². The smallest absolute Gasteiger partial charge is 0.231 e. The summed E-state index contributed by atoms with van der Waals surface area (Å²) in [6.07, 6.45) is 7.39. The van der Waals surface area contributed by atoms with Gasteiger partial charge in [-0.25, -0.2) is 0 Å². The number of carbonyl (C=O) groups is 1. The average Bonchev–Trinajstić information content (AvgIpc) is 2.64. The third-order valence-electron chi connectivity index (χ3n) is 2.10. The van der Waals surface area contributed by atoms with Crippen molar-refractivity contribution in [2.75, 3.05) is 6.54 Å². The van der Waals surface area contributed by atoms with Crippen molar-refractivity contribution in [3.05, 3.63) is 30.9 Å². The van der Waals surface area contributed by atoms with Crippen LogP contribution in [0, 0.1) is 0 Å². The van der Waals surface area contributed by atoms with Gasteiger partial charge in [-0.2, -0.15) is 0 Å². The Kier molecular flexibility index (Phi) is 2.28. The third kappa shape index (κ3) is 1.52. The van der Waals surface area contributed by atoms with Crippen molar-refractivity contribution in [2.45, 2.75) is 6.42 Å². The maximum Gasteiger partial charge on any atom is 0.231 e. The number of nitrogens with two attached hydrogens (primary N) is 1. The predicted octanol–water partition coefficient (Wildman–Crippen LogP) is 0.977. The molecule has 0 spiro atoms. The Morgan fingerprint density at radius 2 is 2.21 bits per heavy atom. The lowest BCUT2D eigenvalue weighted by Crippen LogP contribution is -2.15. The van der Waals surface area contributed by atoms with Crippen LogP contribution in [0.4, 0.5) is 0 Å². The summed E-state index contributed by atoms with van der Waals surface area (Å²) in [7, 11) is 0. The van der Waals surface area contributed by atoms with Crippen molar-refractivity contribution in [2.24, 2.45) is 5.73 Å². The van der Waals surface area contributed by atoms with Gasteiger partial charge in [0.15, 0.2) is 0 Å². The number of nitrogens with zero attached hydrogens (tertiary/aromatic N) is 2. The lowest BCUT2D eigenvalue weighted by atomic mass is 10.2. The molecule has 0 fully saturated rings. The first-order chi connectivity index (χ1) is 6.81. The molecule has 0 radical (unpaired) electrons. The number of rotatable bonds is 2. The minimum absolute atomic E-state index is 0.00981. The van der Waals surface area contributed by atoms with E-state index in [1.165, 1.54) is 0 Å². The lowest BCUT2D eigenvalue weighted by molar-refractivity contribution is 0.0905. The molecule has 2 aliphatic rings. The predicted molar refractivity (Wildman–Crippen MR) is 53.1 cm³/mol. The molecular weight excluding hydrogens is 178 g/mol. The Hall–Kier alpha value is -1.68. The fraction of sp³-hybridized carbons (Fsp3) is 0.200. The molecule has 4 nitrogen and oxygen atoms in total. The summed E-state index contributed by atoms with van der Waals surface area (Å²) in [5.41, 5.74) is 7.33. The van der Waals surface area contributed by atoms with Crippen LogP contribution >= 0.6 is 0 Å². The zero-order chi connectivity index (χ0) is 9.97. The topological polar surface area (TPSA) is 60.9 Å². The highest BCUT2D eigenvalue weighted by atomic mass is 16.1. The number of fused-ring (bicyclic) bond motifs is 1. The summed E-state index contributed by atoms with van der Waals surface area (Å²) in [6, 6.07) is 1.87. The summed E-state index contributed by atoms with van der Waals surface area (Å²) in [5.74, 6) is 0.00981. The Morgan fingerprint density at radius 1 is 1.43 bits per heavy atom. The number of hydrogen-bond acceptors (Lipinski definition) is 3. The van der Waals surface area contributed by atoms with Gasteiger partial charge in [0.2, 0.25) is 5.91 Å². The van der Waals surface area contributed by atoms with Crippen LogP contribution in [-0.4, -0.2) is 22.0 Å². The first-order valence-corrected chi connectivity index (χ1v) is 4.46. The van der Waals surface area contributed by atoms with E-state index < -0.39 is 0 Å². The van der Waals surface area contributed by atoms with Gasteiger partial charge in [0.25, 0.3) is 0 Å². The molecule has 0 aliphatic carbocycles. The van der Waals surface area contributed by atoms with Crippen LogP contribution in [0.2, 0.25) is 0 Å². The summed E-state index contributed by atoms with van der Waals surface area (Å²) in [4.78, 5) is 15.5. The summed E-state index contributed by atoms with van der Waals surface area (Å²) in [5, 5.41) is 0. The quantitative estimate of drug-likeness (QED) is 0.765. The van der Waals surface area contributed by atoms with Gasteiger partial charge in [0.1, 0.15) is 0 Å². The number of aromatic nitrogens is 2. The van der Waals surface area contributed by atoms with Crippen LogP contribution in [-0.2, 0) is 0 Å². The van der Waals surface area contributed by atoms with E-state index in [9.17, 15) is 4.79 Å². The highest BCUT2D eigenvalue weighted by Gasteiger charge is 2.06. The first-order valence-electron chi connectivity index (χ1n) is 4.46. The SMILES string of the molecule is NCCC(=O)n1ccc2cncc-2c1. The number of carbonyl (C=O) groups excluding carboxylic acids is 1. The molecule has 0 atom stereocenters. The van der Waals surface area contributed by atoms with Crippen molar-refractivity contribution < 1.29 is 4.79 Å². The zero-order valence-electron chi connectivity index (χ0n) is 7.68. The van der Waals surface area contributed by atoms with E-state index in [0.717, 1.165) is 11.1 Å². The van der Waals surface area contributed by atoms with Crippen LogP contribution in [0.1, 0.15) is 11.2 Å².